The number of para-hydroxylation sites is 1. The highest BCUT2D eigenvalue weighted by molar-refractivity contribution is 7.91. The Balaban J connectivity index is 1.39. The minimum atomic E-state index is -3.01. The number of sulfone groups is 1. The van der Waals surface area contributed by atoms with Gasteiger partial charge in [-0.05, 0) is 35.9 Å². The number of hydrogen-bond acceptors (Lipinski definition) is 6. The van der Waals surface area contributed by atoms with Crippen LogP contribution < -0.4 is 10.6 Å². The van der Waals surface area contributed by atoms with Crippen molar-refractivity contribution in [2.24, 2.45) is 0 Å². The van der Waals surface area contributed by atoms with Crippen molar-refractivity contribution in [3.05, 3.63) is 88.6 Å². The largest absolute Gasteiger partial charge is 0.366 e. The van der Waals surface area contributed by atoms with Gasteiger partial charge in [-0.2, -0.15) is 0 Å². The number of amides is 1. The Bertz CT molecular complexity index is 1280. The second-order valence-corrected chi connectivity index (χ2v) is 10.6. The van der Waals surface area contributed by atoms with Gasteiger partial charge in [-0.1, -0.05) is 41.9 Å². The topological polar surface area (TPSA) is 115 Å². The first-order chi connectivity index (χ1) is 16.3. The first kappa shape index (κ1) is 23.7. The van der Waals surface area contributed by atoms with Crippen LogP contribution in [0.1, 0.15) is 21.5 Å². The quantitative estimate of drug-likeness (QED) is 0.353. The van der Waals surface area contributed by atoms with E-state index in [0.717, 1.165) is 5.56 Å². The van der Waals surface area contributed by atoms with Gasteiger partial charge in [0.05, 0.1) is 16.5 Å². The Morgan fingerprint density at radius 1 is 1.00 bits per heavy atom. The predicted molar refractivity (Wildman–Crippen MR) is 134 cm³/mol. The molecule has 0 saturated carbocycles. The fourth-order valence-electron chi connectivity index (χ4n) is 3.56. The molecule has 0 bridgehead atoms. The monoisotopic (exact) mass is 497 g/mol. The summed E-state index contributed by atoms with van der Waals surface area (Å²) in [6, 6.07) is 17.8. The van der Waals surface area contributed by atoms with Crippen LogP contribution in [0.4, 0.5) is 11.5 Å². The molecule has 4 rings (SSSR count). The zero-order chi connectivity index (χ0) is 24.1. The van der Waals surface area contributed by atoms with Crippen LogP contribution in [0.25, 0.3) is 0 Å². The standard InChI is InChI=1S/C24H24ClN5O3S/c25-20-9-10-22(28-16-20)27-15-19-3-1-2-4-21(19)29-24(31)18-7-5-17(6-8-18)23(26)30-11-13-34(32,33)14-12-30/h1-10,16,26H,11-15H2,(H,27,28)(H,29,31). The highest BCUT2D eigenvalue weighted by atomic mass is 35.5. The Morgan fingerprint density at radius 3 is 2.35 bits per heavy atom. The molecule has 1 aromatic heterocycles. The molecule has 176 valence electrons. The average molecular weight is 498 g/mol. The van der Waals surface area contributed by atoms with Gasteiger partial charge >= 0.3 is 0 Å². The minimum Gasteiger partial charge on any atom is -0.366 e. The molecule has 1 saturated heterocycles. The van der Waals surface area contributed by atoms with Crippen molar-refractivity contribution >= 4 is 44.7 Å². The summed E-state index contributed by atoms with van der Waals surface area (Å²) < 4.78 is 23.2. The summed E-state index contributed by atoms with van der Waals surface area (Å²) >= 11 is 5.87. The van der Waals surface area contributed by atoms with E-state index in [0.29, 0.717) is 47.3 Å². The molecule has 8 nitrogen and oxygen atoms in total. The molecule has 1 aliphatic heterocycles. The molecule has 3 aromatic rings. The number of halogens is 1. The van der Waals surface area contributed by atoms with Crippen molar-refractivity contribution in [1.82, 2.24) is 9.88 Å². The number of benzene rings is 2. The summed E-state index contributed by atoms with van der Waals surface area (Å²) in [5, 5.41) is 15.1. The summed E-state index contributed by atoms with van der Waals surface area (Å²) in [5.41, 5.74) is 2.67. The number of aromatic nitrogens is 1. The van der Waals surface area contributed by atoms with Crippen LogP contribution in [0.3, 0.4) is 0 Å². The number of amidine groups is 1. The summed E-state index contributed by atoms with van der Waals surface area (Å²) in [5.74, 6) is 0.777. The molecular formula is C24H24ClN5O3S. The van der Waals surface area contributed by atoms with Gasteiger partial charge in [0.2, 0.25) is 0 Å². The molecule has 0 spiro atoms. The zero-order valence-electron chi connectivity index (χ0n) is 18.3. The van der Waals surface area contributed by atoms with E-state index >= 15 is 0 Å². The Kier molecular flexibility index (Phi) is 7.14. The van der Waals surface area contributed by atoms with Crippen molar-refractivity contribution in [2.45, 2.75) is 6.54 Å². The van der Waals surface area contributed by atoms with Gasteiger partial charge in [-0.3, -0.25) is 10.2 Å². The third-order valence-electron chi connectivity index (χ3n) is 5.53. The smallest absolute Gasteiger partial charge is 0.255 e. The molecule has 0 aliphatic carbocycles. The third kappa shape index (κ3) is 5.92. The van der Waals surface area contributed by atoms with E-state index in [1.165, 1.54) is 0 Å². The molecule has 1 aliphatic rings. The van der Waals surface area contributed by atoms with Gasteiger partial charge in [-0.15, -0.1) is 0 Å². The average Bonchev–Trinajstić information content (AvgIpc) is 2.84. The van der Waals surface area contributed by atoms with Gasteiger partial charge in [0.15, 0.2) is 9.84 Å². The van der Waals surface area contributed by atoms with Crippen LogP contribution in [0, 0.1) is 5.41 Å². The molecule has 34 heavy (non-hydrogen) atoms. The van der Waals surface area contributed by atoms with E-state index in [-0.39, 0.29) is 23.2 Å². The second-order valence-electron chi connectivity index (χ2n) is 7.89. The number of anilines is 2. The zero-order valence-corrected chi connectivity index (χ0v) is 19.9. The van der Waals surface area contributed by atoms with Crippen LogP contribution in [-0.4, -0.2) is 54.6 Å². The number of pyridine rings is 1. The van der Waals surface area contributed by atoms with Crippen molar-refractivity contribution in [3.63, 3.8) is 0 Å². The SMILES string of the molecule is N=C(c1ccc(C(=O)Nc2ccccc2CNc2ccc(Cl)cn2)cc1)N1CCS(=O)(=O)CC1. The maximum absolute atomic E-state index is 12.8. The second kappa shape index (κ2) is 10.2. The van der Waals surface area contributed by atoms with Gasteiger partial charge in [-0.25, -0.2) is 13.4 Å². The van der Waals surface area contributed by atoms with Crippen molar-refractivity contribution in [1.29, 1.82) is 5.41 Å². The Morgan fingerprint density at radius 2 is 1.68 bits per heavy atom. The molecule has 3 N–H and O–H groups in total. The molecule has 0 radical (unpaired) electrons. The van der Waals surface area contributed by atoms with Crippen molar-refractivity contribution < 1.29 is 13.2 Å². The number of carbonyl (C=O) groups excluding carboxylic acids is 1. The van der Waals surface area contributed by atoms with E-state index in [9.17, 15) is 13.2 Å². The minimum absolute atomic E-state index is 0.0538. The third-order valence-corrected chi connectivity index (χ3v) is 7.37. The van der Waals surface area contributed by atoms with E-state index in [1.54, 1.807) is 47.5 Å². The van der Waals surface area contributed by atoms with Crippen LogP contribution in [0.5, 0.6) is 0 Å². The first-order valence-corrected chi connectivity index (χ1v) is 12.9. The number of hydrogen-bond donors (Lipinski definition) is 3. The summed E-state index contributed by atoms with van der Waals surface area (Å²) in [7, 11) is -3.01. The molecule has 2 heterocycles. The Labute approximate surface area is 203 Å². The number of carbonyl (C=O) groups is 1. The van der Waals surface area contributed by atoms with Gasteiger partial charge < -0.3 is 15.5 Å². The van der Waals surface area contributed by atoms with E-state index in [4.69, 9.17) is 17.0 Å². The van der Waals surface area contributed by atoms with E-state index in [1.807, 2.05) is 24.3 Å². The molecule has 0 unspecified atom stereocenters. The van der Waals surface area contributed by atoms with Crippen LogP contribution in [0.15, 0.2) is 66.9 Å². The van der Waals surface area contributed by atoms with Crippen LogP contribution in [-0.2, 0) is 16.4 Å². The maximum atomic E-state index is 12.8. The molecule has 2 aromatic carbocycles. The van der Waals surface area contributed by atoms with Crippen molar-refractivity contribution in [3.8, 4) is 0 Å². The fraction of sp³-hybridized carbons (Fsp3) is 0.208. The highest BCUT2D eigenvalue weighted by Crippen LogP contribution is 2.19. The maximum Gasteiger partial charge on any atom is 0.255 e. The van der Waals surface area contributed by atoms with Gasteiger partial charge in [0, 0.05) is 42.6 Å². The predicted octanol–water partition coefficient (Wildman–Crippen LogP) is 3.66. The number of nitrogens with zero attached hydrogens (tertiary/aromatic N) is 2. The lowest BCUT2D eigenvalue weighted by atomic mass is 10.1. The first-order valence-electron chi connectivity index (χ1n) is 10.7. The van der Waals surface area contributed by atoms with Crippen LogP contribution >= 0.6 is 11.6 Å². The lowest BCUT2D eigenvalue weighted by molar-refractivity contribution is 0.102. The lowest BCUT2D eigenvalue weighted by Crippen LogP contribution is -2.43. The summed E-state index contributed by atoms with van der Waals surface area (Å²) in [6.45, 7) is 1.08. The van der Waals surface area contributed by atoms with Gasteiger partial charge in [0.1, 0.15) is 11.7 Å². The molecule has 1 amide bonds. The Hall–Kier alpha value is -3.43. The summed E-state index contributed by atoms with van der Waals surface area (Å²) in [4.78, 5) is 18.8. The number of rotatable bonds is 6. The molecular weight excluding hydrogens is 474 g/mol. The van der Waals surface area contributed by atoms with Crippen LogP contribution in [0.2, 0.25) is 5.02 Å². The fourth-order valence-corrected chi connectivity index (χ4v) is 4.87. The molecule has 10 heteroatoms. The molecule has 0 atom stereocenters. The summed E-state index contributed by atoms with van der Waals surface area (Å²) in [6.07, 6.45) is 1.56. The molecule has 1 fully saturated rings. The highest BCUT2D eigenvalue weighted by Gasteiger charge is 2.24. The van der Waals surface area contributed by atoms with Gasteiger partial charge in [0.25, 0.3) is 5.91 Å². The van der Waals surface area contributed by atoms with E-state index < -0.39 is 9.84 Å². The lowest BCUT2D eigenvalue weighted by Gasteiger charge is -2.29. The normalized spacial score (nSPS) is 14.9. The van der Waals surface area contributed by atoms with Crippen molar-refractivity contribution in [2.75, 3.05) is 35.2 Å². The van der Waals surface area contributed by atoms with E-state index in [2.05, 4.69) is 15.6 Å². The number of nitrogens with one attached hydrogen (secondary N) is 3.